The first-order chi connectivity index (χ1) is 8.60. The fraction of sp³-hybridized carbons (Fsp3) is 0.538. The zero-order valence-electron chi connectivity index (χ0n) is 11.1. The Kier molecular flexibility index (Phi) is 3.81. The number of aromatic nitrogens is 2. The lowest BCUT2D eigenvalue weighted by atomic mass is 10.1. The topological polar surface area (TPSA) is 47.4 Å². The van der Waals surface area contributed by atoms with Gasteiger partial charge in [-0.1, -0.05) is 6.08 Å². The van der Waals surface area contributed by atoms with Crippen LogP contribution in [0.4, 0.5) is 0 Å². The second kappa shape index (κ2) is 5.35. The number of carbonyl (C=O) groups excluding carboxylic acids is 1. The molecule has 5 heteroatoms. The highest BCUT2D eigenvalue weighted by Gasteiger charge is 2.18. The Balaban J connectivity index is 1.96. The monoisotopic (exact) mass is 249 g/mol. The maximum atomic E-state index is 11.4. The van der Waals surface area contributed by atoms with Crippen molar-refractivity contribution in [1.82, 2.24) is 14.7 Å². The van der Waals surface area contributed by atoms with Gasteiger partial charge in [0, 0.05) is 32.3 Å². The van der Waals surface area contributed by atoms with Crippen LogP contribution in [-0.4, -0.2) is 40.8 Å². The van der Waals surface area contributed by atoms with Crippen molar-refractivity contribution in [3.8, 4) is 0 Å². The van der Waals surface area contributed by atoms with Crippen molar-refractivity contribution in [3.63, 3.8) is 0 Å². The molecule has 0 bridgehead atoms. The quantitative estimate of drug-likeness (QED) is 0.751. The van der Waals surface area contributed by atoms with Crippen LogP contribution in [0.2, 0.25) is 0 Å². The number of methoxy groups -OCH3 is 1. The van der Waals surface area contributed by atoms with Gasteiger partial charge < -0.3 is 4.74 Å². The molecule has 0 radical (unpaired) electrons. The first-order valence-corrected chi connectivity index (χ1v) is 6.09. The third-order valence-corrected chi connectivity index (χ3v) is 3.23. The van der Waals surface area contributed by atoms with Gasteiger partial charge in [0.1, 0.15) is 0 Å². The number of nitrogens with zero attached hydrogens (tertiary/aromatic N) is 3. The zero-order valence-corrected chi connectivity index (χ0v) is 11.1. The van der Waals surface area contributed by atoms with Crippen LogP contribution in [0.15, 0.2) is 17.7 Å². The van der Waals surface area contributed by atoms with E-state index in [1.807, 2.05) is 24.7 Å². The van der Waals surface area contributed by atoms with Gasteiger partial charge in [0.05, 0.1) is 18.5 Å². The summed E-state index contributed by atoms with van der Waals surface area (Å²) >= 11 is 0. The normalized spacial score (nSPS) is 16.5. The standard InChI is InChI=1S/C13H19N3O2/c1-10-8-12(15(2)14-10)9-16-6-4-11(5-7-16)13(17)18-3/h4,8H,5-7,9H2,1-3H3. The van der Waals surface area contributed by atoms with Crippen LogP contribution in [-0.2, 0) is 23.1 Å². The Hall–Kier alpha value is -1.62. The summed E-state index contributed by atoms with van der Waals surface area (Å²) in [7, 11) is 3.38. The maximum absolute atomic E-state index is 11.4. The summed E-state index contributed by atoms with van der Waals surface area (Å²) < 4.78 is 6.64. The Morgan fingerprint density at radius 2 is 2.33 bits per heavy atom. The average molecular weight is 249 g/mol. The van der Waals surface area contributed by atoms with Gasteiger partial charge in [-0.25, -0.2) is 4.79 Å². The molecule has 2 heterocycles. The molecule has 0 atom stereocenters. The van der Waals surface area contributed by atoms with Crippen molar-refractivity contribution in [2.24, 2.45) is 7.05 Å². The summed E-state index contributed by atoms with van der Waals surface area (Å²) in [6.45, 7) is 4.52. The van der Waals surface area contributed by atoms with Crippen LogP contribution in [0.25, 0.3) is 0 Å². The number of aryl methyl sites for hydroxylation is 2. The van der Waals surface area contributed by atoms with Gasteiger partial charge in [0.25, 0.3) is 0 Å². The van der Waals surface area contributed by atoms with E-state index in [9.17, 15) is 4.79 Å². The number of ether oxygens (including phenoxy) is 1. The number of hydrogen-bond donors (Lipinski definition) is 0. The first kappa shape index (κ1) is 12.8. The summed E-state index contributed by atoms with van der Waals surface area (Å²) in [6, 6.07) is 2.10. The Bertz CT molecular complexity index is 477. The fourth-order valence-electron chi connectivity index (χ4n) is 2.21. The van der Waals surface area contributed by atoms with E-state index in [1.165, 1.54) is 12.8 Å². The average Bonchev–Trinajstić information content (AvgIpc) is 2.68. The van der Waals surface area contributed by atoms with E-state index in [0.29, 0.717) is 0 Å². The van der Waals surface area contributed by atoms with E-state index in [-0.39, 0.29) is 5.97 Å². The third-order valence-electron chi connectivity index (χ3n) is 3.23. The zero-order chi connectivity index (χ0) is 13.1. The SMILES string of the molecule is COC(=O)C1=CCN(Cc2cc(C)nn2C)CC1. The predicted octanol–water partition coefficient (Wildman–Crippen LogP) is 1.03. The number of rotatable bonds is 3. The fourth-order valence-corrected chi connectivity index (χ4v) is 2.21. The van der Waals surface area contributed by atoms with Crippen molar-refractivity contribution in [3.05, 3.63) is 29.1 Å². The lowest BCUT2D eigenvalue weighted by Crippen LogP contribution is -2.30. The first-order valence-electron chi connectivity index (χ1n) is 6.09. The molecule has 1 aromatic heterocycles. The van der Waals surface area contributed by atoms with E-state index in [1.54, 1.807) is 0 Å². The molecule has 0 fully saturated rings. The van der Waals surface area contributed by atoms with E-state index < -0.39 is 0 Å². The lowest BCUT2D eigenvalue weighted by molar-refractivity contribution is -0.136. The minimum atomic E-state index is -0.203. The Morgan fingerprint density at radius 1 is 1.56 bits per heavy atom. The van der Waals surface area contributed by atoms with Crippen LogP contribution in [0, 0.1) is 6.92 Å². The molecule has 1 aliphatic heterocycles. The van der Waals surface area contributed by atoms with Crippen molar-refractivity contribution < 1.29 is 9.53 Å². The van der Waals surface area contributed by atoms with Crippen molar-refractivity contribution in [2.75, 3.05) is 20.2 Å². The molecule has 0 N–H and O–H groups in total. The van der Waals surface area contributed by atoms with Gasteiger partial charge in [0.15, 0.2) is 0 Å². The molecule has 18 heavy (non-hydrogen) atoms. The molecule has 5 nitrogen and oxygen atoms in total. The van der Waals surface area contributed by atoms with Crippen LogP contribution < -0.4 is 0 Å². The maximum Gasteiger partial charge on any atom is 0.333 e. The smallest absolute Gasteiger partial charge is 0.333 e. The van der Waals surface area contributed by atoms with E-state index in [0.717, 1.165) is 37.3 Å². The molecular weight excluding hydrogens is 230 g/mol. The highest BCUT2D eigenvalue weighted by molar-refractivity contribution is 5.88. The molecule has 0 saturated heterocycles. The van der Waals surface area contributed by atoms with Crippen LogP contribution in [0.1, 0.15) is 17.8 Å². The minimum absolute atomic E-state index is 0.203. The molecule has 2 rings (SSSR count). The molecule has 1 aliphatic rings. The van der Waals surface area contributed by atoms with Crippen molar-refractivity contribution in [2.45, 2.75) is 19.9 Å². The van der Waals surface area contributed by atoms with Gasteiger partial charge in [-0.15, -0.1) is 0 Å². The molecule has 1 aromatic rings. The third kappa shape index (κ3) is 2.79. The molecule has 0 unspecified atom stereocenters. The highest BCUT2D eigenvalue weighted by atomic mass is 16.5. The van der Waals surface area contributed by atoms with Crippen molar-refractivity contribution in [1.29, 1.82) is 0 Å². The largest absolute Gasteiger partial charge is 0.466 e. The lowest BCUT2D eigenvalue weighted by Gasteiger charge is -2.25. The van der Waals surface area contributed by atoms with Crippen LogP contribution in [0.3, 0.4) is 0 Å². The molecule has 0 aromatic carbocycles. The summed E-state index contributed by atoms with van der Waals surface area (Å²) in [5.41, 5.74) is 3.02. The molecular formula is C13H19N3O2. The van der Waals surface area contributed by atoms with Crippen LogP contribution in [0.5, 0.6) is 0 Å². The number of esters is 1. The molecule has 0 amide bonds. The second-order valence-electron chi connectivity index (χ2n) is 4.61. The number of hydrogen-bond acceptors (Lipinski definition) is 4. The van der Waals surface area contributed by atoms with Crippen molar-refractivity contribution >= 4 is 5.97 Å². The van der Waals surface area contributed by atoms with Crippen LogP contribution >= 0.6 is 0 Å². The second-order valence-corrected chi connectivity index (χ2v) is 4.61. The predicted molar refractivity (Wildman–Crippen MR) is 67.9 cm³/mol. The van der Waals surface area contributed by atoms with Gasteiger partial charge in [-0.05, 0) is 19.4 Å². The minimum Gasteiger partial charge on any atom is -0.466 e. The Labute approximate surface area is 107 Å². The summed E-state index contributed by atoms with van der Waals surface area (Å²) in [5, 5.41) is 4.33. The summed E-state index contributed by atoms with van der Waals surface area (Å²) in [6.07, 6.45) is 2.71. The molecule has 0 spiro atoms. The molecule has 98 valence electrons. The van der Waals surface area contributed by atoms with Gasteiger partial charge in [-0.2, -0.15) is 5.10 Å². The van der Waals surface area contributed by atoms with E-state index in [2.05, 4.69) is 16.1 Å². The highest BCUT2D eigenvalue weighted by Crippen LogP contribution is 2.15. The van der Waals surface area contributed by atoms with Gasteiger partial charge in [0.2, 0.25) is 0 Å². The van der Waals surface area contributed by atoms with E-state index in [4.69, 9.17) is 4.74 Å². The van der Waals surface area contributed by atoms with Gasteiger partial charge in [-0.3, -0.25) is 9.58 Å². The number of carbonyl (C=O) groups is 1. The summed E-state index contributed by atoms with van der Waals surface area (Å²) in [4.78, 5) is 13.7. The molecule has 0 saturated carbocycles. The van der Waals surface area contributed by atoms with Gasteiger partial charge >= 0.3 is 5.97 Å². The van der Waals surface area contributed by atoms with E-state index >= 15 is 0 Å². The summed E-state index contributed by atoms with van der Waals surface area (Å²) in [5.74, 6) is -0.203. The molecule has 0 aliphatic carbocycles. The Morgan fingerprint density at radius 3 is 2.83 bits per heavy atom.